The predicted octanol–water partition coefficient (Wildman–Crippen LogP) is 2.62. The Kier molecular flexibility index (Phi) is 5.29. The lowest BCUT2D eigenvalue weighted by Gasteiger charge is -2.31. The molecule has 6 nitrogen and oxygen atoms in total. The molecule has 26 heavy (non-hydrogen) atoms. The second-order valence-corrected chi connectivity index (χ2v) is 8.53. The zero-order chi connectivity index (χ0) is 18.7. The van der Waals surface area contributed by atoms with Crippen LogP contribution >= 0.6 is 0 Å². The molecule has 1 aliphatic heterocycles. The van der Waals surface area contributed by atoms with Crippen LogP contribution in [0.4, 0.5) is 11.4 Å². The van der Waals surface area contributed by atoms with Crippen LogP contribution in [0.25, 0.3) is 0 Å². The van der Waals surface area contributed by atoms with Crippen molar-refractivity contribution < 1.29 is 13.2 Å². The Hall–Kier alpha value is -2.38. The Bertz CT molecular complexity index is 895. The van der Waals surface area contributed by atoms with Gasteiger partial charge in [-0.15, -0.1) is 0 Å². The molecule has 0 bridgehead atoms. The number of amides is 1. The number of rotatable bonds is 4. The molecule has 1 fully saturated rings. The Morgan fingerprint density at radius 1 is 1.15 bits per heavy atom. The Morgan fingerprint density at radius 3 is 2.54 bits per heavy atom. The average Bonchev–Trinajstić information content (AvgIpc) is 2.64. The van der Waals surface area contributed by atoms with Gasteiger partial charge in [0.15, 0.2) is 0 Å². The van der Waals surface area contributed by atoms with Crippen molar-refractivity contribution >= 4 is 27.3 Å². The predicted molar refractivity (Wildman–Crippen MR) is 102 cm³/mol. The smallest absolute Gasteiger partial charge is 0.243 e. The third-order valence-corrected chi connectivity index (χ3v) is 6.51. The maximum atomic E-state index is 12.9. The first-order chi connectivity index (χ1) is 12.4. The molecule has 1 heterocycles. The fourth-order valence-electron chi connectivity index (χ4n) is 3.08. The van der Waals surface area contributed by atoms with Gasteiger partial charge in [-0.3, -0.25) is 4.79 Å². The van der Waals surface area contributed by atoms with Gasteiger partial charge in [0, 0.05) is 13.1 Å². The number of nitrogens with two attached hydrogens (primary N) is 1. The number of nitrogens with zero attached hydrogens (tertiary/aromatic N) is 1. The summed E-state index contributed by atoms with van der Waals surface area (Å²) in [6.45, 7) is 2.51. The second-order valence-electron chi connectivity index (χ2n) is 6.59. The van der Waals surface area contributed by atoms with E-state index < -0.39 is 15.9 Å². The number of anilines is 2. The largest absolute Gasteiger partial charge is 0.397 e. The highest BCUT2D eigenvalue weighted by Gasteiger charge is 2.33. The van der Waals surface area contributed by atoms with E-state index in [9.17, 15) is 13.2 Å². The monoisotopic (exact) mass is 373 g/mol. The number of aryl methyl sites for hydroxylation is 1. The fraction of sp³-hybridized carbons (Fsp3) is 0.316. The van der Waals surface area contributed by atoms with Gasteiger partial charge < -0.3 is 11.1 Å². The van der Waals surface area contributed by atoms with Crippen LogP contribution in [0.1, 0.15) is 18.4 Å². The van der Waals surface area contributed by atoms with Gasteiger partial charge in [-0.2, -0.15) is 4.31 Å². The second kappa shape index (κ2) is 7.47. The molecule has 1 amide bonds. The van der Waals surface area contributed by atoms with Gasteiger partial charge in [0.05, 0.1) is 22.2 Å². The number of nitrogen functional groups attached to an aromatic ring is 1. The first-order valence-electron chi connectivity index (χ1n) is 8.60. The van der Waals surface area contributed by atoms with Crippen LogP contribution < -0.4 is 11.1 Å². The highest BCUT2D eigenvalue weighted by Crippen LogP contribution is 2.26. The molecule has 3 rings (SSSR count). The Morgan fingerprint density at radius 2 is 1.85 bits per heavy atom. The molecule has 0 aliphatic carbocycles. The van der Waals surface area contributed by atoms with Crippen molar-refractivity contribution in [1.82, 2.24) is 4.31 Å². The normalized spacial score (nSPS) is 18.4. The van der Waals surface area contributed by atoms with Crippen LogP contribution in [0.5, 0.6) is 0 Å². The van der Waals surface area contributed by atoms with Crippen LogP contribution in [-0.2, 0) is 14.8 Å². The molecule has 0 aromatic heterocycles. The van der Waals surface area contributed by atoms with Crippen molar-refractivity contribution in [1.29, 1.82) is 0 Å². The van der Waals surface area contributed by atoms with Crippen LogP contribution in [-0.4, -0.2) is 31.7 Å². The molecular weight excluding hydrogens is 350 g/mol. The third kappa shape index (κ3) is 3.89. The summed E-state index contributed by atoms with van der Waals surface area (Å²) in [5.74, 6) is -0.602. The lowest BCUT2D eigenvalue weighted by Crippen LogP contribution is -2.43. The minimum Gasteiger partial charge on any atom is -0.397 e. The van der Waals surface area contributed by atoms with Gasteiger partial charge >= 0.3 is 0 Å². The first-order valence-corrected chi connectivity index (χ1v) is 10.0. The molecule has 7 heteroatoms. The van der Waals surface area contributed by atoms with Crippen molar-refractivity contribution in [3.05, 3.63) is 54.1 Å². The fourth-order valence-corrected chi connectivity index (χ4v) is 4.60. The van der Waals surface area contributed by atoms with E-state index in [1.165, 1.54) is 4.31 Å². The van der Waals surface area contributed by atoms with E-state index in [0.717, 1.165) is 5.56 Å². The quantitative estimate of drug-likeness (QED) is 0.806. The van der Waals surface area contributed by atoms with Gasteiger partial charge in [0.1, 0.15) is 0 Å². The number of carbonyl (C=O) groups excluding carboxylic acids is 1. The molecule has 1 unspecified atom stereocenters. The van der Waals surface area contributed by atoms with Crippen molar-refractivity contribution in [2.75, 3.05) is 24.1 Å². The minimum absolute atomic E-state index is 0.175. The zero-order valence-electron chi connectivity index (χ0n) is 14.7. The maximum Gasteiger partial charge on any atom is 0.243 e. The summed E-state index contributed by atoms with van der Waals surface area (Å²) in [5, 5.41) is 2.81. The SMILES string of the molecule is Cc1ccc(S(=O)(=O)N2CCCC(C(=O)Nc3ccccc3N)C2)cc1. The minimum atomic E-state index is -3.60. The van der Waals surface area contributed by atoms with Gasteiger partial charge in [-0.25, -0.2) is 8.42 Å². The van der Waals surface area contributed by atoms with E-state index in [0.29, 0.717) is 30.8 Å². The third-order valence-electron chi connectivity index (χ3n) is 4.63. The van der Waals surface area contributed by atoms with E-state index in [2.05, 4.69) is 5.32 Å². The molecule has 0 spiro atoms. The highest BCUT2D eigenvalue weighted by atomic mass is 32.2. The Balaban J connectivity index is 1.73. The average molecular weight is 373 g/mol. The van der Waals surface area contributed by atoms with E-state index in [4.69, 9.17) is 5.73 Å². The Labute approximate surface area is 154 Å². The number of carbonyl (C=O) groups is 1. The van der Waals surface area contributed by atoms with Crippen LogP contribution in [0.2, 0.25) is 0 Å². The number of hydrogen-bond donors (Lipinski definition) is 2. The molecule has 3 N–H and O–H groups in total. The number of sulfonamides is 1. The van der Waals surface area contributed by atoms with E-state index >= 15 is 0 Å². The highest BCUT2D eigenvalue weighted by molar-refractivity contribution is 7.89. The number of nitrogens with one attached hydrogen (secondary N) is 1. The maximum absolute atomic E-state index is 12.9. The number of hydrogen-bond acceptors (Lipinski definition) is 4. The van der Waals surface area contributed by atoms with Crippen molar-refractivity contribution in [2.45, 2.75) is 24.7 Å². The summed E-state index contributed by atoms with van der Waals surface area (Å²) in [7, 11) is -3.60. The standard InChI is InChI=1S/C19H23N3O3S/c1-14-8-10-16(11-9-14)26(24,25)22-12-4-5-15(13-22)19(23)21-18-7-3-2-6-17(18)20/h2-3,6-11,15H,4-5,12-13,20H2,1H3,(H,21,23). The molecule has 1 atom stereocenters. The lowest BCUT2D eigenvalue weighted by molar-refractivity contribution is -0.120. The first kappa shape index (κ1) is 18.4. The molecule has 0 radical (unpaired) electrons. The van der Waals surface area contributed by atoms with Gasteiger partial charge in [-0.1, -0.05) is 29.8 Å². The summed E-state index contributed by atoms with van der Waals surface area (Å²) >= 11 is 0. The van der Waals surface area contributed by atoms with Gasteiger partial charge in [0.25, 0.3) is 0 Å². The van der Waals surface area contributed by atoms with Gasteiger partial charge in [0.2, 0.25) is 15.9 Å². The van der Waals surface area contributed by atoms with Crippen LogP contribution in [0, 0.1) is 12.8 Å². The van der Waals surface area contributed by atoms with Crippen molar-refractivity contribution in [2.24, 2.45) is 5.92 Å². The van der Waals surface area contributed by atoms with Crippen LogP contribution in [0.3, 0.4) is 0 Å². The van der Waals surface area contributed by atoms with Crippen molar-refractivity contribution in [3.8, 4) is 0 Å². The van der Waals surface area contributed by atoms with Crippen molar-refractivity contribution in [3.63, 3.8) is 0 Å². The number of piperidine rings is 1. The van der Waals surface area contributed by atoms with E-state index in [-0.39, 0.29) is 17.3 Å². The summed E-state index contributed by atoms with van der Waals surface area (Å²) in [6.07, 6.45) is 1.30. The molecule has 138 valence electrons. The van der Waals surface area contributed by atoms with Gasteiger partial charge in [-0.05, 0) is 44.0 Å². The molecular formula is C19H23N3O3S. The van der Waals surface area contributed by atoms with E-state index in [1.54, 1.807) is 48.5 Å². The summed E-state index contributed by atoms with van der Waals surface area (Å²) in [5.41, 5.74) is 7.90. The van der Waals surface area contributed by atoms with Crippen LogP contribution in [0.15, 0.2) is 53.4 Å². The summed E-state index contributed by atoms with van der Waals surface area (Å²) < 4.78 is 27.1. The number of para-hydroxylation sites is 2. The van der Waals surface area contributed by atoms with E-state index in [1.807, 2.05) is 6.92 Å². The molecule has 2 aromatic carbocycles. The lowest BCUT2D eigenvalue weighted by atomic mass is 9.98. The molecule has 2 aromatic rings. The molecule has 1 aliphatic rings. The zero-order valence-corrected chi connectivity index (χ0v) is 15.5. The summed E-state index contributed by atoms with van der Waals surface area (Å²) in [6, 6.07) is 13.8. The molecule has 0 saturated carbocycles. The number of benzene rings is 2. The topological polar surface area (TPSA) is 92.5 Å². The summed E-state index contributed by atoms with van der Waals surface area (Å²) in [4.78, 5) is 12.8. The molecule has 1 saturated heterocycles.